The highest BCUT2D eigenvalue weighted by Crippen LogP contribution is 2.17. The average Bonchev–Trinajstić information content (AvgIpc) is 2.04. The first-order valence-corrected chi connectivity index (χ1v) is 4.57. The van der Waals surface area contributed by atoms with Gasteiger partial charge in [0, 0.05) is 5.92 Å². The number of unbranched alkanes of at least 4 members (excludes halogenated alkanes) is 1. The van der Waals surface area contributed by atoms with E-state index in [2.05, 4.69) is 6.92 Å². The molecule has 2 N–H and O–H groups in total. The van der Waals surface area contributed by atoms with Crippen molar-refractivity contribution in [3.8, 4) is 0 Å². The van der Waals surface area contributed by atoms with Crippen LogP contribution >= 0.6 is 0 Å². The Kier molecular flexibility index (Phi) is 5.72. The van der Waals surface area contributed by atoms with Crippen LogP contribution in [0.25, 0.3) is 0 Å². The van der Waals surface area contributed by atoms with Crippen molar-refractivity contribution in [1.82, 2.24) is 5.48 Å². The zero-order valence-electron chi connectivity index (χ0n) is 8.13. The Hall–Kier alpha value is -0.570. The summed E-state index contributed by atoms with van der Waals surface area (Å²) in [4.78, 5) is 11.1. The number of hydrogen-bond acceptors (Lipinski definition) is 2. The van der Waals surface area contributed by atoms with E-state index < -0.39 is 0 Å². The molecule has 0 bridgehead atoms. The second-order valence-corrected chi connectivity index (χ2v) is 3.47. The van der Waals surface area contributed by atoms with E-state index in [1.54, 1.807) is 5.48 Å². The van der Waals surface area contributed by atoms with Gasteiger partial charge in [0.05, 0.1) is 0 Å². The molecule has 0 aliphatic heterocycles. The Balaban J connectivity index is 3.95. The summed E-state index contributed by atoms with van der Waals surface area (Å²) in [5, 5.41) is 8.45. The molecule has 0 heterocycles. The average molecular weight is 173 g/mol. The van der Waals surface area contributed by atoms with Crippen molar-refractivity contribution in [3.63, 3.8) is 0 Å². The maximum absolute atomic E-state index is 11.1. The highest BCUT2D eigenvalue weighted by atomic mass is 16.5. The summed E-state index contributed by atoms with van der Waals surface area (Å²) in [6, 6.07) is 0. The van der Waals surface area contributed by atoms with Crippen LogP contribution in [0.2, 0.25) is 0 Å². The van der Waals surface area contributed by atoms with Gasteiger partial charge in [-0.3, -0.25) is 10.0 Å². The molecule has 0 radical (unpaired) electrons. The molecule has 3 nitrogen and oxygen atoms in total. The fourth-order valence-electron chi connectivity index (χ4n) is 1.27. The lowest BCUT2D eigenvalue weighted by Gasteiger charge is -2.17. The lowest BCUT2D eigenvalue weighted by molar-refractivity contribution is -0.135. The van der Waals surface area contributed by atoms with Gasteiger partial charge >= 0.3 is 0 Å². The van der Waals surface area contributed by atoms with Gasteiger partial charge in [-0.15, -0.1) is 0 Å². The Bertz CT molecular complexity index is 134. The van der Waals surface area contributed by atoms with E-state index in [4.69, 9.17) is 5.21 Å². The van der Waals surface area contributed by atoms with Gasteiger partial charge < -0.3 is 0 Å². The number of carbonyl (C=O) groups excluding carboxylic acids is 1. The molecule has 0 aliphatic carbocycles. The normalized spacial score (nSPS) is 13.1. The molecule has 0 unspecified atom stereocenters. The Morgan fingerprint density at radius 2 is 2.08 bits per heavy atom. The molecule has 0 aromatic rings. The Labute approximate surface area is 74.1 Å². The molecule has 3 heteroatoms. The van der Waals surface area contributed by atoms with Crippen LogP contribution in [0.1, 0.15) is 40.0 Å². The van der Waals surface area contributed by atoms with Crippen LogP contribution in [-0.2, 0) is 4.79 Å². The first-order chi connectivity index (χ1) is 5.63. The van der Waals surface area contributed by atoms with Gasteiger partial charge in [0.1, 0.15) is 0 Å². The minimum Gasteiger partial charge on any atom is -0.289 e. The van der Waals surface area contributed by atoms with Crippen molar-refractivity contribution in [2.24, 2.45) is 11.8 Å². The Morgan fingerprint density at radius 3 is 2.42 bits per heavy atom. The SMILES string of the molecule is CCCC[C@H](C(=O)NO)C(C)C. The van der Waals surface area contributed by atoms with Crippen LogP contribution in [0, 0.1) is 11.8 Å². The number of hydrogen-bond donors (Lipinski definition) is 2. The van der Waals surface area contributed by atoms with Crippen molar-refractivity contribution in [2.45, 2.75) is 40.0 Å². The summed E-state index contributed by atoms with van der Waals surface area (Å²) in [5.41, 5.74) is 1.72. The predicted molar refractivity (Wildman–Crippen MR) is 47.8 cm³/mol. The molecule has 0 aromatic heterocycles. The van der Waals surface area contributed by atoms with Gasteiger partial charge in [-0.25, -0.2) is 5.48 Å². The summed E-state index contributed by atoms with van der Waals surface area (Å²) in [7, 11) is 0. The molecular formula is C9H19NO2. The molecule has 0 fully saturated rings. The molecule has 0 saturated heterocycles. The highest BCUT2D eigenvalue weighted by Gasteiger charge is 2.20. The molecule has 0 spiro atoms. The first-order valence-electron chi connectivity index (χ1n) is 4.57. The van der Waals surface area contributed by atoms with E-state index in [9.17, 15) is 4.79 Å². The van der Waals surface area contributed by atoms with Crippen LogP contribution in [0.3, 0.4) is 0 Å². The predicted octanol–water partition coefficient (Wildman–Crippen LogP) is 1.95. The van der Waals surface area contributed by atoms with Crippen LogP contribution in [0.5, 0.6) is 0 Å². The maximum atomic E-state index is 11.1. The van der Waals surface area contributed by atoms with Gasteiger partial charge in [0.2, 0.25) is 5.91 Å². The molecule has 1 amide bonds. The molecule has 0 saturated carbocycles. The minimum absolute atomic E-state index is 0.0463. The molecule has 1 atom stereocenters. The summed E-state index contributed by atoms with van der Waals surface area (Å²) in [6.45, 7) is 6.08. The second-order valence-electron chi connectivity index (χ2n) is 3.47. The second kappa shape index (κ2) is 6.00. The zero-order valence-corrected chi connectivity index (χ0v) is 8.13. The van der Waals surface area contributed by atoms with Crippen LogP contribution < -0.4 is 5.48 Å². The third kappa shape index (κ3) is 3.72. The van der Waals surface area contributed by atoms with Gasteiger partial charge in [-0.2, -0.15) is 0 Å². The van der Waals surface area contributed by atoms with Crippen molar-refractivity contribution < 1.29 is 10.0 Å². The lowest BCUT2D eigenvalue weighted by atomic mass is 9.90. The summed E-state index contributed by atoms with van der Waals surface area (Å²) >= 11 is 0. The fraction of sp³-hybridized carbons (Fsp3) is 0.889. The van der Waals surface area contributed by atoms with Crippen molar-refractivity contribution >= 4 is 5.91 Å². The van der Waals surface area contributed by atoms with Crippen molar-refractivity contribution in [1.29, 1.82) is 0 Å². The largest absolute Gasteiger partial charge is 0.289 e. The quantitative estimate of drug-likeness (QED) is 0.493. The lowest BCUT2D eigenvalue weighted by Crippen LogP contribution is -2.31. The van der Waals surface area contributed by atoms with E-state index in [1.165, 1.54) is 0 Å². The van der Waals surface area contributed by atoms with E-state index in [1.807, 2.05) is 13.8 Å². The molecular weight excluding hydrogens is 154 g/mol. The summed E-state index contributed by atoms with van der Waals surface area (Å²) < 4.78 is 0. The van der Waals surface area contributed by atoms with Gasteiger partial charge in [-0.05, 0) is 12.3 Å². The summed E-state index contributed by atoms with van der Waals surface area (Å²) in [5.74, 6) is -0.00269. The van der Waals surface area contributed by atoms with E-state index in [0.717, 1.165) is 19.3 Å². The number of carbonyl (C=O) groups is 1. The highest BCUT2D eigenvalue weighted by molar-refractivity contribution is 5.77. The number of amides is 1. The molecule has 0 aliphatic rings. The van der Waals surface area contributed by atoms with Gasteiger partial charge in [-0.1, -0.05) is 33.6 Å². The number of rotatable bonds is 5. The monoisotopic (exact) mass is 173 g/mol. The van der Waals surface area contributed by atoms with E-state index in [0.29, 0.717) is 5.92 Å². The molecule has 12 heavy (non-hydrogen) atoms. The molecule has 0 aromatic carbocycles. The van der Waals surface area contributed by atoms with Gasteiger partial charge in [0.25, 0.3) is 0 Å². The first kappa shape index (κ1) is 11.4. The van der Waals surface area contributed by atoms with Crippen LogP contribution in [0.4, 0.5) is 0 Å². The Morgan fingerprint density at radius 1 is 1.50 bits per heavy atom. The maximum Gasteiger partial charge on any atom is 0.246 e. The third-order valence-corrected chi connectivity index (χ3v) is 2.12. The fourth-order valence-corrected chi connectivity index (χ4v) is 1.27. The number of nitrogens with one attached hydrogen (secondary N) is 1. The summed E-state index contributed by atoms with van der Waals surface area (Å²) in [6.07, 6.45) is 2.98. The van der Waals surface area contributed by atoms with E-state index in [-0.39, 0.29) is 11.8 Å². The van der Waals surface area contributed by atoms with E-state index >= 15 is 0 Å². The number of hydroxylamine groups is 1. The van der Waals surface area contributed by atoms with Crippen molar-refractivity contribution in [3.05, 3.63) is 0 Å². The third-order valence-electron chi connectivity index (χ3n) is 2.12. The minimum atomic E-state index is -0.251. The zero-order chi connectivity index (χ0) is 9.56. The smallest absolute Gasteiger partial charge is 0.246 e. The van der Waals surface area contributed by atoms with Crippen molar-refractivity contribution in [2.75, 3.05) is 0 Å². The van der Waals surface area contributed by atoms with Crippen LogP contribution in [0.15, 0.2) is 0 Å². The van der Waals surface area contributed by atoms with Crippen LogP contribution in [-0.4, -0.2) is 11.1 Å². The standard InChI is InChI=1S/C9H19NO2/c1-4-5-6-8(7(2)3)9(11)10-12/h7-8,12H,4-6H2,1-3H3,(H,10,11)/t8-/m0/s1. The topological polar surface area (TPSA) is 49.3 Å². The molecule has 72 valence electrons. The molecule has 0 rings (SSSR count). The van der Waals surface area contributed by atoms with Gasteiger partial charge in [0.15, 0.2) is 0 Å².